The average Bonchev–Trinajstić information content (AvgIpc) is 3.61. The number of hydrogen-bond acceptors (Lipinski definition) is 5. The van der Waals surface area contributed by atoms with Gasteiger partial charge in [0.05, 0.1) is 11.4 Å². The maximum atomic E-state index is 12.7. The molecular weight excluding hydrogens is 601 g/mol. The molecule has 0 bridgehead atoms. The summed E-state index contributed by atoms with van der Waals surface area (Å²) in [5.41, 5.74) is 6.85. The van der Waals surface area contributed by atoms with Gasteiger partial charge in [0.1, 0.15) is 12.1 Å². The zero-order chi connectivity index (χ0) is 32.1. The highest BCUT2D eigenvalue weighted by Gasteiger charge is 2.31. The van der Waals surface area contributed by atoms with Crippen molar-refractivity contribution < 1.29 is 22.7 Å². The molecule has 0 radical (unpaired) electrons. The molecule has 0 saturated heterocycles. The van der Waals surface area contributed by atoms with Gasteiger partial charge in [0.2, 0.25) is 0 Å². The summed E-state index contributed by atoms with van der Waals surface area (Å²) in [6, 6.07) is 19.1. The van der Waals surface area contributed by atoms with Gasteiger partial charge in [-0.15, -0.1) is 29.6 Å². The molecule has 1 N–H and O–H groups in total. The fourth-order valence-electron chi connectivity index (χ4n) is 5.07. The first-order valence-electron chi connectivity index (χ1n) is 14.4. The smallest absolute Gasteiger partial charge is 0.406 e. The van der Waals surface area contributed by atoms with Crippen LogP contribution in [0.2, 0.25) is 0 Å². The lowest BCUT2D eigenvalue weighted by atomic mass is 9.97. The zero-order valence-corrected chi connectivity index (χ0v) is 26.1. The number of ether oxygens (including phenoxy) is 1. The minimum absolute atomic E-state index is 0.302. The van der Waals surface area contributed by atoms with E-state index in [4.69, 9.17) is 0 Å². The summed E-state index contributed by atoms with van der Waals surface area (Å²) in [5, 5.41) is 9.40. The number of halogens is 3. The first-order chi connectivity index (χ1) is 21.5. The molecule has 234 valence electrons. The summed E-state index contributed by atoms with van der Waals surface area (Å²) in [6.07, 6.45) is -1.61. The Morgan fingerprint density at radius 2 is 1.71 bits per heavy atom. The lowest BCUT2D eigenvalue weighted by molar-refractivity contribution is -0.274. The van der Waals surface area contributed by atoms with E-state index in [1.807, 2.05) is 47.2 Å². The van der Waals surface area contributed by atoms with Gasteiger partial charge in [-0.25, -0.2) is 14.5 Å². The Hall–Kier alpha value is -4.71. The number of alkyl halides is 3. The quantitative estimate of drug-likeness (QED) is 0.182. The van der Waals surface area contributed by atoms with E-state index < -0.39 is 6.36 Å². The molecule has 1 atom stereocenters. The van der Waals surface area contributed by atoms with Crippen molar-refractivity contribution in [2.75, 3.05) is 6.54 Å². The summed E-state index contributed by atoms with van der Waals surface area (Å²) in [7, 11) is 0. The molecule has 0 aliphatic carbocycles. The summed E-state index contributed by atoms with van der Waals surface area (Å²) in [6.45, 7) is 8.78. The van der Waals surface area contributed by atoms with Gasteiger partial charge in [0.15, 0.2) is 10.6 Å². The summed E-state index contributed by atoms with van der Waals surface area (Å²) in [5.74, 6) is 0.515. The third-order valence-corrected chi connectivity index (χ3v) is 8.22. The number of aryl methyl sites for hydroxylation is 3. The minimum atomic E-state index is -4.74. The predicted molar refractivity (Wildman–Crippen MR) is 168 cm³/mol. The van der Waals surface area contributed by atoms with E-state index in [9.17, 15) is 18.0 Å². The Morgan fingerprint density at radius 3 is 2.38 bits per heavy atom. The zero-order valence-electron chi connectivity index (χ0n) is 25.3. The molecule has 0 aliphatic heterocycles. The molecule has 0 aliphatic rings. The van der Waals surface area contributed by atoms with Crippen LogP contribution in [0.25, 0.3) is 22.8 Å². The monoisotopic (exact) mass is 634 g/mol. The van der Waals surface area contributed by atoms with Gasteiger partial charge in [-0.05, 0) is 80.5 Å². The second-order valence-corrected chi connectivity index (χ2v) is 11.8. The molecule has 2 heterocycles. The number of para-hydroxylation sites is 1. The third kappa shape index (κ3) is 8.07. The van der Waals surface area contributed by atoms with E-state index in [2.05, 4.69) is 58.0 Å². The third-order valence-electron chi connectivity index (χ3n) is 7.28. The number of nitrogens with one attached hydrogen (secondary N) is 1. The molecule has 45 heavy (non-hydrogen) atoms. The second kappa shape index (κ2) is 13.5. The first-order valence-corrected chi connectivity index (χ1v) is 15.3. The van der Waals surface area contributed by atoms with Crippen molar-refractivity contribution in [2.45, 2.75) is 46.9 Å². The molecule has 0 fully saturated rings. The summed E-state index contributed by atoms with van der Waals surface area (Å²) < 4.78 is 44.7. The normalized spacial score (nSPS) is 12.7. The number of benzene rings is 3. The van der Waals surface area contributed by atoms with Crippen LogP contribution >= 0.6 is 11.3 Å². The van der Waals surface area contributed by atoms with Crippen molar-refractivity contribution in [1.29, 1.82) is 0 Å². The summed E-state index contributed by atoms with van der Waals surface area (Å²) >= 11 is 1.45. The Labute approximate surface area is 262 Å². The molecule has 1 unspecified atom stereocenters. The Balaban J connectivity index is 1.14. The van der Waals surface area contributed by atoms with Crippen molar-refractivity contribution in [3.8, 4) is 28.5 Å². The molecule has 5 rings (SSSR count). The van der Waals surface area contributed by atoms with Gasteiger partial charge in [0.25, 0.3) is 0 Å². The van der Waals surface area contributed by atoms with Crippen LogP contribution in [0.4, 0.5) is 18.0 Å². The van der Waals surface area contributed by atoms with Crippen LogP contribution in [0.15, 0.2) is 83.4 Å². The highest BCUT2D eigenvalue weighted by atomic mass is 32.1. The van der Waals surface area contributed by atoms with Crippen molar-refractivity contribution in [2.24, 2.45) is 10.9 Å². The van der Waals surface area contributed by atoms with Gasteiger partial charge in [0, 0.05) is 23.2 Å². The fraction of sp³-hybridized carbons (Fsp3) is 0.273. The van der Waals surface area contributed by atoms with Crippen molar-refractivity contribution in [3.05, 3.63) is 106 Å². The first kappa shape index (κ1) is 31.7. The van der Waals surface area contributed by atoms with Crippen LogP contribution in [-0.4, -0.2) is 38.3 Å². The fourth-order valence-corrected chi connectivity index (χ4v) is 5.93. The van der Waals surface area contributed by atoms with Crippen LogP contribution in [-0.2, 0) is 6.42 Å². The van der Waals surface area contributed by atoms with Gasteiger partial charge in [-0.2, -0.15) is 4.99 Å². The molecule has 0 saturated carbocycles. The van der Waals surface area contributed by atoms with Gasteiger partial charge < -0.3 is 10.1 Å². The lowest BCUT2D eigenvalue weighted by Crippen LogP contribution is -2.26. The van der Waals surface area contributed by atoms with Crippen molar-refractivity contribution >= 4 is 17.4 Å². The topological polar surface area (TPSA) is 86.3 Å². The number of urea groups is 1. The Kier molecular flexibility index (Phi) is 9.52. The maximum Gasteiger partial charge on any atom is 0.573 e. The molecule has 2 amide bonds. The molecule has 8 nitrogen and oxygen atoms in total. The number of aromatic nitrogens is 4. The highest BCUT2D eigenvalue weighted by molar-refractivity contribution is 7.07. The van der Waals surface area contributed by atoms with E-state index >= 15 is 0 Å². The molecule has 3 aromatic carbocycles. The number of hydrogen-bond donors (Lipinski definition) is 1. The van der Waals surface area contributed by atoms with Gasteiger partial charge in [-0.3, -0.25) is 4.57 Å². The van der Waals surface area contributed by atoms with E-state index in [1.165, 1.54) is 46.6 Å². The van der Waals surface area contributed by atoms with Crippen LogP contribution in [0.3, 0.4) is 0 Å². The maximum absolute atomic E-state index is 12.7. The second-order valence-electron chi connectivity index (χ2n) is 10.9. The van der Waals surface area contributed by atoms with Crippen LogP contribution in [0.5, 0.6) is 5.75 Å². The Morgan fingerprint density at radius 1 is 1.02 bits per heavy atom. The largest absolute Gasteiger partial charge is 0.573 e. The van der Waals surface area contributed by atoms with Gasteiger partial charge in [-0.1, -0.05) is 49.4 Å². The van der Waals surface area contributed by atoms with Gasteiger partial charge >= 0.3 is 12.4 Å². The summed E-state index contributed by atoms with van der Waals surface area (Å²) in [4.78, 5) is 22.1. The number of nitrogens with zero attached hydrogens (tertiary/aromatic N) is 5. The molecule has 0 spiro atoms. The predicted octanol–water partition coefficient (Wildman–Crippen LogP) is 7.49. The average molecular weight is 635 g/mol. The standard InChI is InChI=1S/C33H33F3N6O2S/c1-21(16-17-37-31(43)39-32-42(24(4)19-45-32)29-22(2)6-5-7-23(29)3)18-25-8-10-26(11-9-25)30-38-20-41(40-30)27-12-14-28(15-13-27)44-33(34,35)36/h5-15,19-21H,16-18H2,1-4H3,(H,37,43). The van der Waals surface area contributed by atoms with Crippen LogP contribution < -0.4 is 14.9 Å². The number of thiazole rings is 1. The lowest BCUT2D eigenvalue weighted by Gasteiger charge is -2.13. The SMILES string of the molecule is Cc1cccc(C)c1-n1c(C)csc1=NC(=O)NCCC(C)Cc1ccc(-c2ncn(-c3ccc(OC(F)(F)F)cc3)n2)cc1. The number of carbonyl (C=O) groups is 1. The van der Waals surface area contributed by atoms with E-state index in [1.54, 1.807) is 0 Å². The number of carbonyl (C=O) groups excluding carboxylic acids is 1. The molecule has 12 heteroatoms. The molecular formula is C33H33F3N6O2S. The van der Waals surface area contributed by atoms with E-state index in [0.717, 1.165) is 46.5 Å². The van der Waals surface area contributed by atoms with Crippen LogP contribution in [0.1, 0.15) is 35.7 Å². The minimum Gasteiger partial charge on any atom is -0.406 e. The number of rotatable bonds is 9. The highest BCUT2D eigenvalue weighted by Crippen LogP contribution is 2.25. The van der Waals surface area contributed by atoms with Crippen LogP contribution in [0, 0.1) is 26.7 Å². The van der Waals surface area contributed by atoms with Crippen molar-refractivity contribution in [1.82, 2.24) is 24.6 Å². The van der Waals surface area contributed by atoms with Crippen molar-refractivity contribution in [3.63, 3.8) is 0 Å². The molecule has 5 aromatic rings. The molecule has 2 aromatic heterocycles. The van der Waals surface area contributed by atoms with E-state index in [0.29, 0.717) is 28.8 Å². The number of amides is 2. The van der Waals surface area contributed by atoms with E-state index in [-0.39, 0.29) is 11.8 Å². The Bertz CT molecular complexity index is 1820.